The molecule has 37 heavy (non-hydrogen) atoms. The quantitative estimate of drug-likeness (QED) is 0.233. The molecule has 0 radical (unpaired) electrons. The maximum absolute atomic E-state index is 6.37. The first-order valence-electron chi connectivity index (χ1n) is 11.9. The lowest BCUT2D eigenvalue weighted by atomic mass is 10.1. The second-order valence-electron chi connectivity index (χ2n) is 8.88. The molecule has 0 amide bonds. The minimum Gasteiger partial charge on any atom is -0.455 e. The van der Waals surface area contributed by atoms with Crippen molar-refractivity contribution < 1.29 is 9.15 Å². The Morgan fingerprint density at radius 1 is 0.946 bits per heavy atom. The van der Waals surface area contributed by atoms with E-state index >= 15 is 0 Å². The Morgan fingerprint density at radius 3 is 2.62 bits per heavy atom. The highest BCUT2D eigenvalue weighted by molar-refractivity contribution is 7.98. The molecular weight excluding hydrogens is 504 g/mol. The summed E-state index contributed by atoms with van der Waals surface area (Å²) in [6, 6.07) is 26.0. The molecule has 6 nitrogen and oxygen atoms in total. The van der Waals surface area contributed by atoms with Gasteiger partial charge in [0.15, 0.2) is 11.5 Å². The van der Waals surface area contributed by atoms with Crippen LogP contribution in [0.4, 0.5) is 5.69 Å². The standard InChI is InChI=1S/C29H23ClN4O2S/c1-17-7-10-19(11-8-17)16-37-29-32-28-26(33-34-29)21-5-3-4-6-23(21)31-27(36-28)25-14-13-24(35-25)20-12-9-18(2)22(30)15-20/h3-15,27,31H,16H2,1-2H3/t27-/m0/s1. The van der Waals surface area contributed by atoms with E-state index < -0.39 is 6.23 Å². The largest absolute Gasteiger partial charge is 0.455 e. The monoisotopic (exact) mass is 526 g/mol. The van der Waals surface area contributed by atoms with E-state index in [-0.39, 0.29) is 0 Å². The second-order valence-corrected chi connectivity index (χ2v) is 10.2. The fraction of sp³-hybridized carbons (Fsp3) is 0.138. The molecule has 1 aliphatic heterocycles. The predicted octanol–water partition coefficient (Wildman–Crippen LogP) is 7.86. The SMILES string of the molecule is Cc1ccc(CSc2nnc3c(n2)O[C@@H](c2ccc(-c4ccc(C)c(Cl)c4)o2)Nc2ccccc2-3)cc1. The third kappa shape index (κ3) is 4.92. The highest BCUT2D eigenvalue weighted by atomic mass is 35.5. The van der Waals surface area contributed by atoms with Crippen molar-refractivity contribution in [3.05, 3.63) is 106 Å². The number of benzene rings is 3. The molecule has 8 heteroatoms. The number of aromatic nitrogens is 3. The van der Waals surface area contributed by atoms with Gasteiger partial charge in [0, 0.05) is 27.6 Å². The first-order valence-corrected chi connectivity index (χ1v) is 13.2. The first-order chi connectivity index (χ1) is 18.0. The molecular formula is C29H23ClN4O2S. The van der Waals surface area contributed by atoms with Crippen molar-refractivity contribution in [2.75, 3.05) is 5.32 Å². The number of fused-ring (bicyclic) bond motifs is 3. The zero-order valence-corrected chi connectivity index (χ0v) is 21.8. The molecule has 1 atom stereocenters. The maximum Gasteiger partial charge on any atom is 0.247 e. The number of hydrogen-bond donors (Lipinski definition) is 1. The van der Waals surface area contributed by atoms with Crippen molar-refractivity contribution in [2.45, 2.75) is 31.0 Å². The Morgan fingerprint density at radius 2 is 1.78 bits per heavy atom. The van der Waals surface area contributed by atoms with Crippen LogP contribution in [-0.2, 0) is 5.75 Å². The normalized spacial score (nSPS) is 14.2. The highest BCUT2D eigenvalue weighted by Crippen LogP contribution is 2.40. The van der Waals surface area contributed by atoms with E-state index in [1.54, 1.807) is 0 Å². The molecule has 1 N–H and O–H groups in total. The van der Waals surface area contributed by atoms with Crippen LogP contribution in [0.25, 0.3) is 22.6 Å². The molecule has 3 aromatic carbocycles. The molecule has 1 aliphatic rings. The summed E-state index contributed by atoms with van der Waals surface area (Å²) in [5, 5.41) is 13.6. The van der Waals surface area contributed by atoms with Gasteiger partial charge in [-0.2, -0.15) is 4.98 Å². The van der Waals surface area contributed by atoms with Crippen molar-refractivity contribution >= 4 is 29.1 Å². The van der Waals surface area contributed by atoms with Gasteiger partial charge in [0.1, 0.15) is 5.76 Å². The first kappa shape index (κ1) is 23.6. The van der Waals surface area contributed by atoms with Gasteiger partial charge in [0.05, 0.1) is 0 Å². The summed E-state index contributed by atoms with van der Waals surface area (Å²) in [7, 11) is 0. The number of hydrogen-bond acceptors (Lipinski definition) is 7. The Labute approximate surface area is 224 Å². The lowest BCUT2D eigenvalue weighted by Gasteiger charge is -2.16. The molecule has 0 bridgehead atoms. The number of ether oxygens (including phenoxy) is 1. The number of nitrogens with zero attached hydrogens (tertiary/aromatic N) is 3. The van der Waals surface area contributed by atoms with Gasteiger partial charge in [-0.3, -0.25) is 0 Å². The van der Waals surface area contributed by atoms with Gasteiger partial charge in [-0.15, -0.1) is 10.2 Å². The number of halogens is 1. The van der Waals surface area contributed by atoms with Crippen molar-refractivity contribution in [2.24, 2.45) is 0 Å². The van der Waals surface area contributed by atoms with Crippen LogP contribution in [0.5, 0.6) is 5.88 Å². The van der Waals surface area contributed by atoms with Crippen LogP contribution >= 0.6 is 23.4 Å². The van der Waals surface area contributed by atoms with Gasteiger partial charge < -0.3 is 14.5 Å². The van der Waals surface area contributed by atoms with E-state index in [1.165, 1.54) is 22.9 Å². The van der Waals surface area contributed by atoms with Crippen molar-refractivity contribution in [1.82, 2.24) is 15.2 Å². The molecule has 3 heterocycles. The lowest BCUT2D eigenvalue weighted by Crippen LogP contribution is -2.16. The number of anilines is 1. The molecule has 0 fully saturated rings. The number of aryl methyl sites for hydroxylation is 2. The zero-order chi connectivity index (χ0) is 25.4. The number of furan rings is 1. The average molecular weight is 527 g/mol. The smallest absolute Gasteiger partial charge is 0.247 e. The molecule has 2 aromatic heterocycles. The third-order valence-electron chi connectivity index (χ3n) is 6.16. The molecule has 0 saturated heterocycles. The third-order valence-corrected chi connectivity index (χ3v) is 7.48. The predicted molar refractivity (Wildman–Crippen MR) is 147 cm³/mol. The van der Waals surface area contributed by atoms with Crippen molar-refractivity contribution in [3.8, 4) is 28.5 Å². The molecule has 0 unspecified atom stereocenters. The van der Waals surface area contributed by atoms with Gasteiger partial charge in [-0.05, 0) is 49.2 Å². The van der Waals surface area contributed by atoms with Gasteiger partial charge in [0.25, 0.3) is 0 Å². The number of rotatable bonds is 5. The van der Waals surface area contributed by atoms with E-state index in [9.17, 15) is 0 Å². The Balaban J connectivity index is 1.31. The summed E-state index contributed by atoms with van der Waals surface area (Å²) < 4.78 is 12.6. The molecule has 184 valence electrons. The summed E-state index contributed by atoms with van der Waals surface area (Å²) in [6.07, 6.45) is -0.608. The molecule has 0 spiro atoms. The summed E-state index contributed by atoms with van der Waals surface area (Å²) in [5.74, 6) is 2.46. The maximum atomic E-state index is 6.37. The molecule has 6 rings (SSSR count). The van der Waals surface area contributed by atoms with E-state index in [0.29, 0.717) is 33.3 Å². The minimum atomic E-state index is -0.608. The van der Waals surface area contributed by atoms with Crippen LogP contribution in [0.1, 0.15) is 28.7 Å². The Hall–Kier alpha value is -3.81. The lowest BCUT2D eigenvalue weighted by molar-refractivity contribution is 0.196. The van der Waals surface area contributed by atoms with Crippen molar-refractivity contribution in [1.29, 1.82) is 0 Å². The Bertz CT molecular complexity index is 1590. The van der Waals surface area contributed by atoms with Gasteiger partial charge in [0.2, 0.25) is 17.3 Å². The van der Waals surface area contributed by atoms with E-state index in [0.717, 1.165) is 28.1 Å². The number of nitrogens with one attached hydrogen (secondary N) is 1. The number of thioether (sulfide) groups is 1. The topological polar surface area (TPSA) is 73.1 Å². The van der Waals surface area contributed by atoms with Crippen LogP contribution in [0.2, 0.25) is 5.02 Å². The summed E-state index contributed by atoms with van der Waals surface area (Å²) in [6.45, 7) is 4.05. The summed E-state index contributed by atoms with van der Waals surface area (Å²) in [5.41, 5.74) is 6.65. The summed E-state index contributed by atoms with van der Waals surface area (Å²) in [4.78, 5) is 4.73. The zero-order valence-electron chi connectivity index (χ0n) is 20.2. The van der Waals surface area contributed by atoms with E-state index in [2.05, 4.69) is 46.7 Å². The van der Waals surface area contributed by atoms with Crippen LogP contribution in [0, 0.1) is 13.8 Å². The fourth-order valence-corrected chi connectivity index (χ4v) is 4.98. The molecule has 5 aromatic rings. The van der Waals surface area contributed by atoms with Gasteiger partial charge >= 0.3 is 0 Å². The van der Waals surface area contributed by atoms with Crippen molar-refractivity contribution in [3.63, 3.8) is 0 Å². The van der Waals surface area contributed by atoms with E-state index in [4.69, 9.17) is 25.7 Å². The minimum absolute atomic E-state index is 0.403. The van der Waals surface area contributed by atoms with Crippen LogP contribution in [-0.4, -0.2) is 15.2 Å². The molecule has 0 saturated carbocycles. The highest BCUT2D eigenvalue weighted by Gasteiger charge is 2.28. The summed E-state index contributed by atoms with van der Waals surface area (Å²) >= 11 is 7.86. The van der Waals surface area contributed by atoms with Gasteiger partial charge in [-0.25, -0.2) is 0 Å². The fourth-order valence-electron chi connectivity index (χ4n) is 4.06. The van der Waals surface area contributed by atoms with Crippen LogP contribution in [0.3, 0.4) is 0 Å². The average Bonchev–Trinajstić information content (AvgIpc) is 3.34. The second kappa shape index (κ2) is 9.92. The molecule has 0 aliphatic carbocycles. The van der Waals surface area contributed by atoms with E-state index in [1.807, 2.05) is 61.5 Å². The Kier molecular flexibility index (Phi) is 6.32. The number of para-hydroxylation sites is 1. The van der Waals surface area contributed by atoms with Crippen LogP contribution in [0.15, 0.2) is 88.4 Å². The van der Waals surface area contributed by atoms with Gasteiger partial charge in [-0.1, -0.05) is 83.5 Å². The van der Waals surface area contributed by atoms with Crippen LogP contribution < -0.4 is 10.1 Å².